The lowest BCUT2D eigenvalue weighted by Gasteiger charge is -2.59. The van der Waals surface area contributed by atoms with Crippen LogP contribution in [0.4, 0.5) is 0 Å². The zero-order chi connectivity index (χ0) is 11.5. The predicted octanol–water partition coefficient (Wildman–Crippen LogP) is 3.79. The summed E-state index contributed by atoms with van der Waals surface area (Å²) in [4.78, 5) is 0. The van der Waals surface area contributed by atoms with Crippen molar-refractivity contribution in [3.05, 3.63) is 12.2 Å². The Morgan fingerprint density at radius 1 is 0.933 bits per heavy atom. The van der Waals surface area contributed by atoms with Crippen molar-refractivity contribution in [1.82, 2.24) is 0 Å². The Kier molecular flexibility index (Phi) is 2.00. The van der Waals surface area contributed by atoms with E-state index in [0.717, 1.165) is 6.61 Å². The van der Waals surface area contributed by atoms with Crippen molar-refractivity contribution < 1.29 is 4.74 Å². The van der Waals surface area contributed by atoms with Crippen LogP contribution in [-0.4, -0.2) is 12.2 Å². The Labute approximate surface area is 93.9 Å². The molecule has 2 rings (SSSR count). The van der Waals surface area contributed by atoms with Crippen molar-refractivity contribution in [2.45, 2.75) is 53.6 Å². The molecule has 1 heterocycles. The molecule has 1 heteroatoms. The van der Waals surface area contributed by atoms with E-state index in [2.05, 4.69) is 53.7 Å². The van der Waals surface area contributed by atoms with E-state index in [0.29, 0.717) is 0 Å². The molecule has 0 aromatic heterocycles. The van der Waals surface area contributed by atoms with Crippen LogP contribution >= 0.6 is 0 Å². The lowest BCUT2D eigenvalue weighted by molar-refractivity contribution is -0.107. The lowest BCUT2D eigenvalue weighted by atomic mass is 9.46. The highest BCUT2D eigenvalue weighted by Crippen LogP contribution is 2.64. The first kappa shape index (κ1) is 11.2. The van der Waals surface area contributed by atoms with E-state index in [9.17, 15) is 0 Å². The number of fused-ring (bicyclic) bond motifs is 1. The van der Waals surface area contributed by atoms with Crippen LogP contribution in [0.25, 0.3) is 0 Å². The predicted molar refractivity (Wildman–Crippen MR) is 63.8 cm³/mol. The Morgan fingerprint density at radius 3 is 2.13 bits per heavy atom. The van der Waals surface area contributed by atoms with Gasteiger partial charge < -0.3 is 4.74 Å². The maximum absolute atomic E-state index is 5.99. The Bertz CT molecular complexity index is 313. The fraction of sp³-hybridized carbons (Fsp3) is 0.857. The maximum Gasteiger partial charge on any atom is 0.0894 e. The van der Waals surface area contributed by atoms with Gasteiger partial charge >= 0.3 is 0 Å². The summed E-state index contributed by atoms with van der Waals surface area (Å²) in [6, 6.07) is 0. The number of hydrogen-bond acceptors (Lipinski definition) is 1. The van der Waals surface area contributed by atoms with E-state index in [1.54, 1.807) is 0 Å². The standard InChI is InChI=1S/C14H24O/c1-11(2)7-8-14(6)13(5,9-10-15-14)12(11,3)4/h7-8H,9-10H2,1-6H3/t13-,14?/m1/s1. The topological polar surface area (TPSA) is 9.23 Å². The third-order valence-corrected chi connectivity index (χ3v) is 5.91. The summed E-state index contributed by atoms with van der Waals surface area (Å²) >= 11 is 0. The number of ether oxygens (including phenoxy) is 1. The maximum atomic E-state index is 5.99. The summed E-state index contributed by atoms with van der Waals surface area (Å²) in [6.07, 6.45) is 5.82. The molecular weight excluding hydrogens is 184 g/mol. The van der Waals surface area contributed by atoms with Crippen molar-refractivity contribution in [2.24, 2.45) is 16.2 Å². The van der Waals surface area contributed by atoms with Gasteiger partial charge in [0.1, 0.15) is 0 Å². The van der Waals surface area contributed by atoms with Crippen molar-refractivity contribution >= 4 is 0 Å². The van der Waals surface area contributed by atoms with Gasteiger partial charge in [0.05, 0.1) is 5.60 Å². The zero-order valence-corrected chi connectivity index (χ0v) is 11.0. The molecule has 0 aromatic carbocycles. The molecule has 0 radical (unpaired) electrons. The Morgan fingerprint density at radius 2 is 1.53 bits per heavy atom. The molecule has 1 aliphatic carbocycles. The first-order valence-electron chi connectivity index (χ1n) is 6.01. The third kappa shape index (κ3) is 1.08. The average molecular weight is 208 g/mol. The molecule has 86 valence electrons. The van der Waals surface area contributed by atoms with Gasteiger partial charge in [0.2, 0.25) is 0 Å². The van der Waals surface area contributed by atoms with Gasteiger partial charge in [-0.1, -0.05) is 46.8 Å². The largest absolute Gasteiger partial charge is 0.371 e. The summed E-state index contributed by atoms with van der Waals surface area (Å²) in [5.41, 5.74) is 0.694. The van der Waals surface area contributed by atoms with Crippen molar-refractivity contribution in [2.75, 3.05) is 6.61 Å². The molecule has 1 unspecified atom stereocenters. The third-order valence-electron chi connectivity index (χ3n) is 5.91. The molecule has 15 heavy (non-hydrogen) atoms. The van der Waals surface area contributed by atoms with E-state index >= 15 is 0 Å². The molecule has 1 aliphatic heterocycles. The van der Waals surface area contributed by atoms with E-state index in [-0.39, 0.29) is 21.8 Å². The van der Waals surface area contributed by atoms with Crippen LogP contribution in [0.1, 0.15) is 48.0 Å². The molecule has 1 fully saturated rings. The quantitative estimate of drug-likeness (QED) is 0.550. The van der Waals surface area contributed by atoms with Gasteiger partial charge in [-0.25, -0.2) is 0 Å². The van der Waals surface area contributed by atoms with E-state index in [1.807, 2.05) is 0 Å². The summed E-state index contributed by atoms with van der Waals surface area (Å²) in [6.45, 7) is 15.0. The minimum absolute atomic E-state index is 0.0635. The highest BCUT2D eigenvalue weighted by Gasteiger charge is 2.62. The van der Waals surface area contributed by atoms with Gasteiger partial charge in [-0.05, 0) is 24.2 Å². The Balaban J connectivity index is 2.60. The fourth-order valence-corrected chi connectivity index (χ4v) is 3.33. The van der Waals surface area contributed by atoms with Crippen LogP contribution in [0.3, 0.4) is 0 Å². The number of allylic oxidation sites excluding steroid dienone is 1. The molecule has 0 bridgehead atoms. The molecule has 0 spiro atoms. The van der Waals surface area contributed by atoms with E-state index in [4.69, 9.17) is 4.74 Å². The van der Waals surface area contributed by atoms with Crippen LogP contribution in [0.2, 0.25) is 0 Å². The van der Waals surface area contributed by atoms with Crippen LogP contribution in [0.5, 0.6) is 0 Å². The van der Waals surface area contributed by atoms with Gasteiger partial charge in [0, 0.05) is 12.0 Å². The normalized spacial score (nSPS) is 46.5. The molecule has 0 aromatic rings. The van der Waals surface area contributed by atoms with Crippen LogP contribution < -0.4 is 0 Å². The molecule has 0 N–H and O–H groups in total. The number of hydrogen-bond donors (Lipinski definition) is 0. The van der Waals surface area contributed by atoms with E-state index < -0.39 is 0 Å². The second kappa shape index (κ2) is 2.68. The lowest BCUT2D eigenvalue weighted by Crippen LogP contribution is -2.57. The smallest absolute Gasteiger partial charge is 0.0894 e. The minimum atomic E-state index is -0.0635. The van der Waals surface area contributed by atoms with Crippen molar-refractivity contribution in [1.29, 1.82) is 0 Å². The van der Waals surface area contributed by atoms with Gasteiger partial charge in [-0.2, -0.15) is 0 Å². The summed E-state index contributed by atoms with van der Waals surface area (Å²) in [5, 5.41) is 0. The van der Waals surface area contributed by atoms with Crippen LogP contribution in [0.15, 0.2) is 12.2 Å². The first-order chi connectivity index (χ1) is 6.66. The second-order valence-electron chi connectivity index (χ2n) is 6.72. The summed E-state index contributed by atoms with van der Waals surface area (Å²) < 4.78 is 5.99. The van der Waals surface area contributed by atoms with E-state index in [1.165, 1.54) is 6.42 Å². The molecule has 0 amide bonds. The van der Waals surface area contributed by atoms with Gasteiger partial charge in [-0.3, -0.25) is 0 Å². The molecule has 0 saturated carbocycles. The SMILES string of the molecule is CC1(C)C=CC2(C)OCC[C@]2(C)C1(C)C. The first-order valence-corrected chi connectivity index (χ1v) is 6.01. The van der Waals surface area contributed by atoms with Crippen LogP contribution in [-0.2, 0) is 4.74 Å². The second-order valence-corrected chi connectivity index (χ2v) is 6.72. The summed E-state index contributed by atoms with van der Waals surface area (Å²) in [5.74, 6) is 0. The van der Waals surface area contributed by atoms with Crippen molar-refractivity contribution in [3.8, 4) is 0 Å². The average Bonchev–Trinajstić information content (AvgIpc) is 2.41. The minimum Gasteiger partial charge on any atom is -0.371 e. The highest BCUT2D eigenvalue weighted by molar-refractivity contribution is 5.26. The van der Waals surface area contributed by atoms with Crippen LogP contribution in [0, 0.1) is 16.2 Å². The van der Waals surface area contributed by atoms with Gasteiger partial charge in [-0.15, -0.1) is 0 Å². The van der Waals surface area contributed by atoms with Crippen molar-refractivity contribution in [3.63, 3.8) is 0 Å². The number of rotatable bonds is 0. The van der Waals surface area contributed by atoms with Gasteiger partial charge in [0.15, 0.2) is 0 Å². The fourth-order valence-electron chi connectivity index (χ4n) is 3.33. The summed E-state index contributed by atoms with van der Waals surface area (Å²) in [7, 11) is 0. The molecule has 1 saturated heterocycles. The highest BCUT2D eigenvalue weighted by atomic mass is 16.5. The molecule has 2 atom stereocenters. The van der Waals surface area contributed by atoms with Gasteiger partial charge in [0.25, 0.3) is 0 Å². The Hall–Kier alpha value is -0.300. The zero-order valence-electron chi connectivity index (χ0n) is 11.0. The monoisotopic (exact) mass is 208 g/mol. The molecule has 2 aliphatic rings. The molecular formula is C14H24O. The molecule has 1 nitrogen and oxygen atoms in total.